The molecular formula is C17H23NS2. The molecule has 108 valence electrons. The lowest BCUT2D eigenvalue weighted by Crippen LogP contribution is -2.29. The number of hydrogen-bond donors (Lipinski definition) is 1. The molecule has 0 aromatic carbocycles. The van der Waals surface area contributed by atoms with Crippen molar-refractivity contribution >= 4 is 22.7 Å². The summed E-state index contributed by atoms with van der Waals surface area (Å²) in [5.74, 6) is 1.81. The maximum absolute atomic E-state index is 3.83. The monoisotopic (exact) mass is 305 g/mol. The van der Waals surface area contributed by atoms with Crippen molar-refractivity contribution in [3.63, 3.8) is 0 Å². The van der Waals surface area contributed by atoms with Crippen LogP contribution in [0.1, 0.15) is 48.4 Å². The molecule has 3 heteroatoms. The molecule has 0 saturated heterocycles. The molecule has 1 aliphatic carbocycles. The van der Waals surface area contributed by atoms with Gasteiger partial charge in [-0.15, -0.1) is 22.7 Å². The Bertz CT molecular complexity index is 447. The van der Waals surface area contributed by atoms with Crippen LogP contribution < -0.4 is 5.32 Å². The van der Waals surface area contributed by atoms with Crippen LogP contribution in [0.3, 0.4) is 0 Å². The van der Waals surface area contributed by atoms with Crippen molar-refractivity contribution in [3.05, 3.63) is 44.8 Å². The minimum atomic E-state index is 0.398. The molecule has 0 radical (unpaired) electrons. The molecule has 2 heterocycles. The summed E-state index contributed by atoms with van der Waals surface area (Å²) in [7, 11) is 0. The number of hydrogen-bond acceptors (Lipinski definition) is 3. The van der Waals surface area contributed by atoms with Gasteiger partial charge in [-0.05, 0) is 54.1 Å². The quantitative estimate of drug-likeness (QED) is 0.789. The van der Waals surface area contributed by atoms with E-state index in [1.54, 1.807) is 0 Å². The minimum Gasteiger partial charge on any atom is -0.305 e. The molecule has 0 aliphatic heterocycles. The predicted octanol–water partition coefficient (Wildman–Crippen LogP) is 5.31. The third-order valence-electron chi connectivity index (χ3n) is 4.40. The first-order chi connectivity index (χ1) is 9.83. The summed E-state index contributed by atoms with van der Waals surface area (Å²) in [6, 6.07) is 9.22. The topological polar surface area (TPSA) is 12.0 Å². The Balaban J connectivity index is 1.63. The highest BCUT2D eigenvalue weighted by Gasteiger charge is 2.21. The standard InChI is InChI=1S/C17H23NS2/c1-13-6-8-14(9-7-13)12-18-17(15-4-2-10-19-15)16-5-3-11-20-16/h2-5,10-11,13-14,17-18H,6-9,12H2,1H3. The first kappa shape index (κ1) is 14.3. The number of rotatable bonds is 5. The second-order valence-corrected chi connectivity index (χ2v) is 7.96. The Kier molecular flexibility index (Phi) is 4.92. The molecular weight excluding hydrogens is 282 g/mol. The van der Waals surface area contributed by atoms with Crippen LogP contribution in [0.15, 0.2) is 35.0 Å². The fourth-order valence-corrected chi connectivity index (χ4v) is 4.78. The van der Waals surface area contributed by atoms with Crippen LogP contribution >= 0.6 is 22.7 Å². The summed E-state index contributed by atoms with van der Waals surface area (Å²) in [6.07, 6.45) is 5.62. The number of nitrogens with one attached hydrogen (secondary N) is 1. The van der Waals surface area contributed by atoms with E-state index in [1.165, 1.54) is 35.4 Å². The molecule has 0 unspecified atom stereocenters. The van der Waals surface area contributed by atoms with E-state index >= 15 is 0 Å². The molecule has 1 N–H and O–H groups in total. The van der Waals surface area contributed by atoms with Gasteiger partial charge in [0, 0.05) is 9.75 Å². The second-order valence-electron chi connectivity index (χ2n) is 6.00. The highest BCUT2D eigenvalue weighted by atomic mass is 32.1. The maximum Gasteiger partial charge on any atom is 0.0764 e. The summed E-state index contributed by atoms with van der Waals surface area (Å²) < 4.78 is 0. The van der Waals surface area contributed by atoms with E-state index in [0.717, 1.165) is 18.4 Å². The van der Waals surface area contributed by atoms with E-state index in [-0.39, 0.29) is 0 Å². The summed E-state index contributed by atoms with van der Waals surface area (Å²) >= 11 is 3.72. The number of thiophene rings is 2. The molecule has 0 amide bonds. The summed E-state index contributed by atoms with van der Waals surface area (Å²) in [5, 5.41) is 8.19. The normalized spacial score (nSPS) is 23.3. The van der Waals surface area contributed by atoms with Crippen LogP contribution in [0.2, 0.25) is 0 Å². The molecule has 0 atom stereocenters. The Morgan fingerprint density at radius 3 is 2.15 bits per heavy atom. The Morgan fingerprint density at radius 1 is 1.05 bits per heavy atom. The van der Waals surface area contributed by atoms with E-state index in [2.05, 4.69) is 47.3 Å². The summed E-state index contributed by atoms with van der Waals surface area (Å²) in [5.41, 5.74) is 0. The molecule has 2 aromatic rings. The molecule has 1 saturated carbocycles. The van der Waals surface area contributed by atoms with Crippen molar-refractivity contribution in [3.8, 4) is 0 Å². The fourth-order valence-electron chi connectivity index (χ4n) is 3.07. The van der Waals surface area contributed by atoms with E-state index in [9.17, 15) is 0 Å². The van der Waals surface area contributed by atoms with Crippen LogP contribution in [0, 0.1) is 11.8 Å². The molecule has 3 rings (SSSR count). The molecule has 1 aliphatic rings. The average molecular weight is 306 g/mol. The Morgan fingerprint density at radius 2 is 1.65 bits per heavy atom. The average Bonchev–Trinajstić information content (AvgIpc) is 3.14. The van der Waals surface area contributed by atoms with Crippen LogP contribution in [0.25, 0.3) is 0 Å². The largest absolute Gasteiger partial charge is 0.305 e. The highest BCUT2D eigenvalue weighted by molar-refractivity contribution is 7.11. The Labute approximate surface area is 130 Å². The van der Waals surface area contributed by atoms with Gasteiger partial charge < -0.3 is 5.32 Å². The molecule has 20 heavy (non-hydrogen) atoms. The summed E-state index contributed by atoms with van der Waals surface area (Å²) in [4.78, 5) is 2.88. The maximum atomic E-state index is 3.83. The first-order valence-electron chi connectivity index (χ1n) is 7.63. The van der Waals surface area contributed by atoms with Gasteiger partial charge in [0.2, 0.25) is 0 Å². The van der Waals surface area contributed by atoms with E-state index in [1.807, 2.05) is 22.7 Å². The minimum absolute atomic E-state index is 0.398. The lowest BCUT2D eigenvalue weighted by Gasteiger charge is -2.28. The fraction of sp³-hybridized carbons (Fsp3) is 0.529. The van der Waals surface area contributed by atoms with Gasteiger partial charge in [0.1, 0.15) is 0 Å². The zero-order valence-corrected chi connectivity index (χ0v) is 13.7. The van der Waals surface area contributed by atoms with Gasteiger partial charge in [-0.3, -0.25) is 0 Å². The van der Waals surface area contributed by atoms with Gasteiger partial charge in [0.05, 0.1) is 6.04 Å². The van der Waals surface area contributed by atoms with Gasteiger partial charge in [0.15, 0.2) is 0 Å². The van der Waals surface area contributed by atoms with Crippen molar-refractivity contribution in [1.82, 2.24) is 5.32 Å². The highest BCUT2D eigenvalue weighted by Crippen LogP contribution is 2.31. The van der Waals surface area contributed by atoms with Crippen molar-refractivity contribution < 1.29 is 0 Å². The Hall–Kier alpha value is -0.640. The molecule has 1 fully saturated rings. The first-order valence-corrected chi connectivity index (χ1v) is 9.39. The summed E-state index contributed by atoms with van der Waals surface area (Å²) in [6.45, 7) is 3.55. The van der Waals surface area contributed by atoms with Crippen molar-refractivity contribution in [2.45, 2.75) is 38.6 Å². The van der Waals surface area contributed by atoms with Crippen LogP contribution in [0.4, 0.5) is 0 Å². The lowest BCUT2D eigenvalue weighted by molar-refractivity contribution is 0.278. The molecule has 2 aromatic heterocycles. The SMILES string of the molecule is CC1CCC(CNC(c2cccs2)c2cccs2)CC1. The van der Waals surface area contributed by atoms with Crippen molar-refractivity contribution in [2.24, 2.45) is 11.8 Å². The van der Waals surface area contributed by atoms with Gasteiger partial charge in [-0.25, -0.2) is 0 Å². The van der Waals surface area contributed by atoms with Crippen molar-refractivity contribution in [1.29, 1.82) is 0 Å². The van der Waals surface area contributed by atoms with Gasteiger partial charge in [-0.2, -0.15) is 0 Å². The van der Waals surface area contributed by atoms with E-state index in [0.29, 0.717) is 6.04 Å². The second kappa shape index (κ2) is 6.88. The van der Waals surface area contributed by atoms with Gasteiger partial charge in [0.25, 0.3) is 0 Å². The van der Waals surface area contributed by atoms with E-state index < -0.39 is 0 Å². The van der Waals surface area contributed by atoms with Crippen molar-refractivity contribution in [2.75, 3.05) is 6.54 Å². The van der Waals surface area contributed by atoms with Crippen LogP contribution in [0.5, 0.6) is 0 Å². The lowest BCUT2D eigenvalue weighted by atomic mass is 9.83. The van der Waals surface area contributed by atoms with E-state index in [4.69, 9.17) is 0 Å². The molecule has 0 bridgehead atoms. The molecule has 0 spiro atoms. The van der Waals surface area contributed by atoms with Gasteiger partial charge in [-0.1, -0.05) is 31.9 Å². The third-order valence-corrected chi connectivity index (χ3v) is 6.28. The van der Waals surface area contributed by atoms with Gasteiger partial charge >= 0.3 is 0 Å². The molecule has 1 nitrogen and oxygen atoms in total. The zero-order chi connectivity index (χ0) is 13.8. The van der Waals surface area contributed by atoms with Crippen LogP contribution in [-0.2, 0) is 0 Å². The zero-order valence-electron chi connectivity index (χ0n) is 12.0. The van der Waals surface area contributed by atoms with Crippen LogP contribution in [-0.4, -0.2) is 6.54 Å². The smallest absolute Gasteiger partial charge is 0.0764 e. The predicted molar refractivity (Wildman–Crippen MR) is 89.6 cm³/mol. The third kappa shape index (κ3) is 3.51.